The van der Waals surface area contributed by atoms with Gasteiger partial charge in [-0.15, -0.1) is 0 Å². The van der Waals surface area contributed by atoms with Crippen LogP contribution < -0.4 is 10.1 Å². The predicted molar refractivity (Wildman–Crippen MR) is 97.4 cm³/mol. The number of hydrogen-bond donors (Lipinski definition) is 1. The average molecular weight is 333 g/mol. The van der Waals surface area contributed by atoms with Gasteiger partial charge in [0.1, 0.15) is 11.4 Å². The Balaban J connectivity index is 2.01. The second-order valence-corrected chi connectivity index (χ2v) is 7.31. The van der Waals surface area contributed by atoms with Crippen molar-refractivity contribution in [1.29, 1.82) is 0 Å². The molecule has 1 aliphatic carbocycles. The van der Waals surface area contributed by atoms with E-state index >= 15 is 0 Å². The Bertz CT molecular complexity index is 522. The molecule has 1 aromatic carbocycles. The molecule has 2 atom stereocenters. The summed E-state index contributed by atoms with van der Waals surface area (Å²) in [5.41, 5.74) is 0.105. The molecule has 0 bridgehead atoms. The SMILES string of the molecule is CCO[C@]1(C(=O)Nc2ccc(OCC(C)C)cc2)CCC[C@@H](C)C1. The van der Waals surface area contributed by atoms with Gasteiger partial charge in [0.05, 0.1) is 6.61 Å². The molecule has 0 aliphatic heterocycles. The van der Waals surface area contributed by atoms with Crippen LogP contribution in [0.5, 0.6) is 5.75 Å². The molecule has 1 fully saturated rings. The van der Waals surface area contributed by atoms with Gasteiger partial charge in [0.2, 0.25) is 0 Å². The largest absolute Gasteiger partial charge is 0.493 e. The van der Waals surface area contributed by atoms with Crippen LogP contribution in [0.25, 0.3) is 0 Å². The topological polar surface area (TPSA) is 47.6 Å². The fourth-order valence-electron chi connectivity index (χ4n) is 3.32. The minimum absolute atomic E-state index is 0.0215. The quantitative estimate of drug-likeness (QED) is 0.790. The predicted octanol–water partition coefficient (Wildman–Crippen LogP) is 4.65. The maximum absolute atomic E-state index is 12.9. The van der Waals surface area contributed by atoms with E-state index in [0.29, 0.717) is 25.0 Å². The van der Waals surface area contributed by atoms with Crippen LogP contribution in [-0.2, 0) is 9.53 Å². The average Bonchev–Trinajstić information content (AvgIpc) is 2.54. The second-order valence-electron chi connectivity index (χ2n) is 7.31. The van der Waals surface area contributed by atoms with Crippen LogP contribution in [0.2, 0.25) is 0 Å². The molecule has 0 spiro atoms. The van der Waals surface area contributed by atoms with Crippen LogP contribution in [0.1, 0.15) is 53.4 Å². The third-order valence-corrected chi connectivity index (χ3v) is 4.49. The smallest absolute Gasteiger partial charge is 0.256 e. The molecule has 4 nitrogen and oxygen atoms in total. The minimum Gasteiger partial charge on any atom is -0.493 e. The van der Waals surface area contributed by atoms with E-state index in [9.17, 15) is 4.79 Å². The van der Waals surface area contributed by atoms with E-state index in [1.165, 1.54) is 6.42 Å². The van der Waals surface area contributed by atoms with Gasteiger partial charge in [0.15, 0.2) is 0 Å². The second kappa shape index (κ2) is 8.52. The first-order valence-corrected chi connectivity index (χ1v) is 9.13. The summed E-state index contributed by atoms with van der Waals surface area (Å²) in [6.07, 6.45) is 3.80. The van der Waals surface area contributed by atoms with E-state index in [0.717, 1.165) is 30.7 Å². The van der Waals surface area contributed by atoms with E-state index in [1.54, 1.807) is 0 Å². The molecule has 1 saturated carbocycles. The number of ether oxygens (including phenoxy) is 2. The monoisotopic (exact) mass is 333 g/mol. The van der Waals surface area contributed by atoms with Crippen LogP contribution in [0, 0.1) is 11.8 Å². The van der Waals surface area contributed by atoms with Crippen molar-refractivity contribution >= 4 is 11.6 Å². The van der Waals surface area contributed by atoms with Crippen molar-refractivity contribution in [3.8, 4) is 5.75 Å². The van der Waals surface area contributed by atoms with Gasteiger partial charge in [-0.25, -0.2) is 0 Å². The maximum Gasteiger partial charge on any atom is 0.256 e. The van der Waals surface area contributed by atoms with Gasteiger partial charge in [-0.05, 0) is 62.3 Å². The van der Waals surface area contributed by atoms with Gasteiger partial charge < -0.3 is 14.8 Å². The van der Waals surface area contributed by atoms with E-state index in [2.05, 4.69) is 26.1 Å². The molecule has 4 heteroatoms. The minimum atomic E-state index is -0.681. The number of nitrogens with one attached hydrogen (secondary N) is 1. The lowest BCUT2D eigenvalue weighted by Gasteiger charge is -2.38. The summed E-state index contributed by atoms with van der Waals surface area (Å²) in [6.45, 7) is 9.63. The standard InChI is InChI=1S/C20H31NO3/c1-5-24-20(12-6-7-16(4)13-20)19(22)21-17-8-10-18(11-9-17)23-14-15(2)3/h8-11,15-16H,5-7,12-14H2,1-4H3,(H,21,22)/t16-,20-/m1/s1. The molecule has 134 valence electrons. The normalized spacial score (nSPS) is 24.0. The summed E-state index contributed by atoms with van der Waals surface area (Å²) >= 11 is 0. The summed E-state index contributed by atoms with van der Waals surface area (Å²) in [7, 11) is 0. The number of amides is 1. The molecular weight excluding hydrogens is 302 g/mol. The number of carbonyl (C=O) groups is 1. The fraction of sp³-hybridized carbons (Fsp3) is 0.650. The zero-order valence-electron chi connectivity index (χ0n) is 15.4. The number of rotatable bonds is 7. The van der Waals surface area contributed by atoms with Crippen LogP contribution in [-0.4, -0.2) is 24.7 Å². The van der Waals surface area contributed by atoms with Crippen LogP contribution in [0.4, 0.5) is 5.69 Å². The van der Waals surface area contributed by atoms with Crippen molar-refractivity contribution < 1.29 is 14.3 Å². The Morgan fingerprint density at radius 1 is 1.33 bits per heavy atom. The van der Waals surface area contributed by atoms with Crippen LogP contribution >= 0.6 is 0 Å². The molecule has 1 aliphatic rings. The summed E-state index contributed by atoms with van der Waals surface area (Å²) in [5.74, 6) is 1.81. The lowest BCUT2D eigenvalue weighted by atomic mass is 9.78. The van der Waals surface area contributed by atoms with E-state index in [-0.39, 0.29) is 5.91 Å². The molecule has 0 aromatic heterocycles. The van der Waals surface area contributed by atoms with Crippen molar-refractivity contribution in [3.63, 3.8) is 0 Å². The molecule has 0 unspecified atom stereocenters. The van der Waals surface area contributed by atoms with Crippen LogP contribution in [0.15, 0.2) is 24.3 Å². The lowest BCUT2D eigenvalue weighted by molar-refractivity contribution is -0.147. The molecule has 0 heterocycles. The highest BCUT2D eigenvalue weighted by Gasteiger charge is 2.42. The van der Waals surface area contributed by atoms with Gasteiger partial charge >= 0.3 is 0 Å². The Hall–Kier alpha value is -1.55. The third-order valence-electron chi connectivity index (χ3n) is 4.49. The molecule has 24 heavy (non-hydrogen) atoms. The first-order valence-electron chi connectivity index (χ1n) is 9.13. The molecule has 1 amide bonds. The van der Waals surface area contributed by atoms with Crippen molar-refractivity contribution in [2.24, 2.45) is 11.8 Å². The Kier molecular flexibility index (Phi) is 6.67. The van der Waals surface area contributed by atoms with Crippen molar-refractivity contribution in [3.05, 3.63) is 24.3 Å². The third kappa shape index (κ3) is 4.97. The molecule has 0 saturated heterocycles. The number of hydrogen-bond acceptors (Lipinski definition) is 3. The summed E-state index contributed by atoms with van der Waals surface area (Å²) in [5, 5.41) is 3.03. The zero-order valence-corrected chi connectivity index (χ0v) is 15.4. The van der Waals surface area contributed by atoms with E-state index in [4.69, 9.17) is 9.47 Å². The molecule has 1 N–H and O–H groups in total. The van der Waals surface area contributed by atoms with Crippen LogP contribution in [0.3, 0.4) is 0 Å². The first-order chi connectivity index (χ1) is 11.4. The summed E-state index contributed by atoms with van der Waals surface area (Å²) in [6, 6.07) is 7.57. The Labute approximate surface area is 145 Å². The Morgan fingerprint density at radius 3 is 2.62 bits per heavy atom. The van der Waals surface area contributed by atoms with Gasteiger partial charge in [0.25, 0.3) is 5.91 Å². The molecule has 1 aromatic rings. The van der Waals surface area contributed by atoms with Gasteiger partial charge in [-0.3, -0.25) is 4.79 Å². The molecular formula is C20H31NO3. The van der Waals surface area contributed by atoms with Gasteiger partial charge in [-0.1, -0.05) is 27.2 Å². The van der Waals surface area contributed by atoms with E-state index < -0.39 is 5.60 Å². The van der Waals surface area contributed by atoms with E-state index in [1.807, 2.05) is 31.2 Å². The lowest BCUT2D eigenvalue weighted by Crippen LogP contribution is -2.48. The Morgan fingerprint density at radius 2 is 2.04 bits per heavy atom. The highest BCUT2D eigenvalue weighted by atomic mass is 16.5. The van der Waals surface area contributed by atoms with Gasteiger partial charge in [-0.2, -0.15) is 0 Å². The number of benzene rings is 1. The van der Waals surface area contributed by atoms with Gasteiger partial charge in [0, 0.05) is 12.3 Å². The highest BCUT2D eigenvalue weighted by Crippen LogP contribution is 2.36. The summed E-state index contributed by atoms with van der Waals surface area (Å²) in [4.78, 5) is 12.9. The maximum atomic E-state index is 12.9. The summed E-state index contributed by atoms with van der Waals surface area (Å²) < 4.78 is 11.6. The van der Waals surface area contributed by atoms with Crippen molar-refractivity contribution in [2.45, 2.75) is 59.0 Å². The van der Waals surface area contributed by atoms with Crippen molar-refractivity contribution in [1.82, 2.24) is 0 Å². The van der Waals surface area contributed by atoms with Crippen molar-refractivity contribution in [2.75, 3.05) is 18.5 Å². The number of carbonyl (C=O) groups excluding carboxylic acids is 1. The number of anilines is 1. The first kappa shape index (κ1) is 18.8. The zero-order chi connectivity index (χ0) is 17.6. The fourth-order valence-corrected chi connectivity index (χ4v) is 3.32. The molecule has 0 radical (unpaired) electrons. The highest BCUT2D eigenvalue weighted by molar-refractivity contribution is 5.97. The molecule has 2 rings (SSSR count).